The normalized spacial score (nSPS) is 29.2. The van der Waals surface area contributed by atoms with Crippen LogP contribution < -0.4 is 5.32 Å². The minimum Gasteiger partial charge on any atom is -0.390 e. The molecule has 1 fully saturated rings. The summed E-state index contributed by atoms with van der Waals surface area (Å²) in [7, 11) is 0. The Kier molecular flexibility index (Phi) is 4.50. The van der Waals surface area contributed by atoms with Crippen LogP contribution >= 0.6 is 0 Å². The number of nitrogens with one attached hydrogen (secondary N) is 1. The zero-order valence-electron chi connectivity index (χ0n) is 9.75. The van der Waals surface area contributed by atoms with Gasteiger partial charge in [0.1, 0.15) is 0 Å². The SMILES string of the molecule is O[C@@H]1CN[C@H](COCc2ccccc2)C[C@@H]1O. The highest BCUT2D eigenvalue weighted by atomic mass is 16.5. The molecule has 1 heterocycles. The molecule has 3 atom stereocenters. The number of benzene rings is 1. The standard InChI is InChI=1S/C13H19NO3/c15-12-6-11(14-7-13(12)16)9-17-8-10-4-2-1-3-5-10/h1-5,11-16H,6-9H2/t11-,12-,13+/m0/s1. The van der Waals surface area contributed by atoms with Crippen molar-refractivity contribution in [3.63, 3.8) is 0 Å². The second-order valence-electron chi connectivity index (χ2n) is 4.48. The number of piperidine rings is 1. The molecule has 0 saturated carbocycles. The molecule has 1 aliphatic rings. The Bertz CT molecular complexity index is 331. The zero-order chi connectivity index (χ0) is 12.1. The average molecular weight is 237 g/mol. The van der Waals surface area contributed by atoms with Crippen molar-refractivity contribution < 1.29 is 14.9 Å². The van der Waals surface area contributed by atoms with Gasteiger partial charge in [-0.25, -0.2) is 0 Å². The van der Waals surface area contributed by atoms with Crippen LogP contribution in [0.15, 0.2) is 30.3 Å². The van der Waals surface area contributed by atoms with Crippen molar-refractivity contribution in [3.8, 4) is 0 Å². The van der Waals surface area contributed by atoms with E-state index in [1.807, 2.05) is 30.3 Å². The van der Waals surface area contributed by atoms with E-state index in [4.69, 9.17) is 4.74 Å². The molecule has 4 nitrogen and oxygen atoms in total. The van der Waals surface area contributed by atoms with E-state index in [1.165, 1.54) is 0 Å². The van der Waals surface area contributed by atoms with Crippen molar-refractivity contribution in [3.05, 3.63) is 35.9 Å². The van der Waals surface area contributed by atoms with E-state index in [1.54, 1.807) is 0 Å². The zero-order valence-corrected chi connectivity index (χ0v) is 9.75. The Morgan fingerprint density at radius 1 is 1.18 bits per heavy atom. The van der Waals surface area contributed by atoms with Crippen molar-refractivity contribution in [1.82, 2.24) is 5.32 Å². The molecule has 0 aliphatic carbocycles. The monoisotopic (exact) mass is 237 g/mol. The lowest BCUT2D eigenvalue weighted by molar-refractivity contribution is -0.0265. The van der Waals surface area contributed by atoms with E-state index in [9.17, 15) is 10.2 Å². The molecule has 1 saturated heterocycles. The van der Waals surface area contributed by atoms with Crippen LogP contribution in [0.1, 0.15) is 12.0 Å². The van der Waals surface area contributed by atoms with Gasteiger partial charge in [-0.1, -0.05) is 30.3 Å². The first kappa shape index (κ1) is 12.5. The lowest BCUT2D eigenvalue weighted by Gasteiger charge is -2.31. The van der Waals surface area contributed by atoms with Crippen molar-refractivity contribution in [2.24, 2.45) is 0 Å². The average Bonchev–Trinajstić information content (AvgIpc) is 2.35. The van der Waals surface area contributed by atoms with Gasteiger partial charge in [0.15, 0.2) is 0 Å². The molecule has 0 aromatic heterocycles. The molecule has 17 heavy (non-hydrogen) atoms. The van der Waals surface area contributed by atoms with Gasteiger partial charge >= 0.3 is 0 Å². The Morgan fingerprint density at radius 3 is 2.65 bits per heavy atom. The molecule has 0 bridgehead atoms. The predicted molar refractivity (Wildman–Crippen MR) is 64.5 cm³/mol. The highest BCUT2D eigenvalue weighted by Crippen LogP contribution is 2.10. The molecule has 0 spiro atoms. The third-order valence-electron chi connectivity index (χ3n) is 3.02. The number of hydrogen-bond acceptors (Lipinski definition) is 4. The van der Waals surface area contributed by atoms with E-state index in [-0.39, 0.29) is 6.04 Å². The second kappa shape index (κ2) is 6.12. The number of aliphatic hydroxyl groups excluding tert-OH is 2. The van der Waals surface area contributed by atoms with Crippen molar-refractivity contribution in [2.45, 2.75) is 31.3 Å². The molecule has 0 unspecified atom stereocenters. The summed E-state index contributed by atoms with van der Waals surface area (Å²) in [5, 5.41) is 22.0. The van der Waals surface area contributed by atoms with Gasteiger partial charge in [0.25, 0.3) is 0 Å². The minimum absolute atomic E-state index is 0.122. The first-order valence-electron chi connectivity index (χ1n) is 5.97. The maximum absolute atomic E-state index is 9.52. The first-order valence-corrected chi connectivity index (χ1v) is 5.97. The van der Waals surface area contributed by atoms with Gasteiger partial charge in [0.2, 0.25) is 0 Å². The second-order valence-corrected chi connectivity index (χ2v) is 4.48. The minimum atomic E-state index is -0.652. The molecule has 0 amide bonds. The molecule has 0 radical (unpaired) electrons. The van der Waals surface area contributed by atoms with Crippen LogP contribution in [0.2, 0.25) is 0 Å². The topological polar surface area (TPSA) is 61.7 Å². The summed E-state index contributed by atoms with van der Waals surface area (Å²) in [4.78, 5) is 0. The van der Waals surface area contributed by atoms with Gasteiger partial charge < -0.3 is 20.3 Å². The van der Waals surface area contributed by atoms with Crippen LogP contribution in [0, 0.1) is 0 Å². The summed E-state index contributed by atoms with van der Waals surface area (Å²) in [6.07, 6.45) is -0.752. The third-order valence-corrected chi connectivity index (χ3v) is 3.02. The van der Waals surface area contributed by atoms with Gasteiger partial charge in [-0.2, -0.15) is 0 Å². The Hall–Kier alpha value is -0.940. The molecular weight excluding hydrogens is 218 g/mol. The van der Waals surface area contributed by atoms with Gasteiger partial charge in [-0.15, -0.1) is 0 Å². The van der Waals surface area contributed by atoms with Crippen LogP contribution in [-0.2, 0) is 11.3 Å². The van der Waals surface area contributed by atoms with E-state index in [2.05, 4.69) is 5.32 Å². The summed E-state index contributed by atoms with van der Waals surface area (Å²) in [5.41, 5.74) is 1.14. The van der Waals surface area contributed by atoms with E-state index in [0.717, 1.165) is 5.56 Å². The largest absolute Gasteiger partial charge is 0.390 e. The molecule has 1 aliphatic heterocycles. The predicted octanol–water partition coefficient (Wildman–Crippen LogP) is 0.287. The van der Waals surface area contributed by atoms with E-state index in [0.29, 0.717) is 26.2 Å². The van der Waals surface area contributed by atoms with Crippen molar-refractivity contribution >= 4 is 0 Å². The number of aliphatic hydroxyl groups is 2. The van der Waals surface area contributed by atoms with Crippen molar-refractivity contribution in [1.29, 1.82) is 0 Å². The summed E-state index contributed by atoms with van der Waals surface area (Å²) in [5.74, 6) is 0. The molecule has 94 valence electrons. The highest BCUT2D eigenvalue weighted by Gasteiger charge is 2.26. The summed E-state index contributed by atoms with van der Waals surface area (Å²) < 4.78 is 5.59. The molecule has 4 heteroatoms. The Morgan fingerprint density at radius 2 is 1.94 bits per heavy atom. The third kappa shape index (κ3) is 3.78. The summed E-state index contributed by atoms with van der Waals surface area (Å²) >= 11 is 0. The molecular formula is C13H19NO3. The van der Waals surface area contributed by atoms with Crippen LogP contribution in [0.5, 0.6) is 0 Å². The van der Waals surface area contributed by atoms with E-state index >= 15 is 0 Å². The van der Waals surface area contributed by atoms with Gasteiger partial charge in [-0.05, 0) is 12.0 Å². The maximum Gasteiger partial charge on any atom is 0.0923 e. The van der Waals surface area contributed by atoms with E-state index < -0.39 is 12.2 Å². The molecule has 1 aromatic carbocycles. The Balaban J connectivity index is 1.69. The van der Waals surface area contributed by atoms with Crippen LogP contribution in [0.25, 0.3) is 0 Å². The smallest absolute Gasteiger partial charge is 0.0923 e. The van der Waals surface area contributed by atoms with Gasteiger partial charge in [-0.3, -0.25) is 0 Å². The maximum atomic E-state index is 9.52. The van der Waals surface area contributed by atoms with Crippen LogP contribution in [-0.4, -0.2) is 41.6 Å². The molecule has 3 N–H and O–H groups in total. The quantitative estimate of drug-likeness (QED) is 0.704. The fourth-order valence-electron chi connectivity index (χ4n) is 1.98. The fraction of sp³-hybridized carbons (Fsp3) is 0.538. The number of ether oxygens (including phenoxy) is 1. The number of hydrogen-bond donors (Lipinski definition) is 3. The van der Waals surface area contributed by atoms with Crippen LogP contribution in [0.4, 0.5) is 0 Å². The first-order chi connectivity index (χ1) is 8.25. The fourth-order valence-corrected chi connectivity index (χ4v) is 1.98. The summed E-state index contributed by atoms with van der Waals surface area (Å²) in [6, 6.07) is 10.1. The summed E-state index contributed by atoms with van der Waals surface area (Å²) in [6.45, 7) is 1.57. The molecule has 1 aromatic rings. The lowest BCUT2D eigenvalue weighted by atomic mass is 10.0. The van der Waals surface area contributed by atoms with Crippen LogP contribution in [0.3, 0.4) is 0 Å². The Labute approximate surface area is 101 Å². The van der Waals surface area contributed by atoms with Crippen molar-refractivity contribution in [2.75, 3.05) is 13.2 Å². The number of rotatable bonds is 4. The highest BCUT2D eigenvalue weighted by molar-refractivity contribution is 5.13. The van der Waals surface area contributed by atoms with Gasteiger partial charge in [0.05, 0.1) is 25.4 Å². The number of β-amino-alcohol motifs (C(OH)–C–C–N with tert-alkyl or cyclic N) is 1. The lowest BCUT2D eigenvalue weighted by Crippen LogP contribution is -2.51. The van der Waals surface area contributed by atoms with Gasteiger partial charge in [0, 0.05) is 12.6 Å². The molecule has 2 rings (SSSR count).